The van der Waals surface area contributed by atoms with Gasteiger partial charge in [-0.3, -0.25) is 4.79 Å². The summed E-state index contributed by atoms with van der Waals surface area (Å²) in [4.78, 5) is 16.9. The monoisotopic (exact) mass is 482 g/mol. The van der Waals surface area contributed by atoms with Crippen molar-refractivity contribution in [2.45, 2.75) is 142 Å². The topological polar surface area (TPSA) is 32.8 Å². The average Bonchev–Trinajstić information content (AvgIpc) is 2.81. The molecule has 0 aliphatic heterocycles. The summed E-state index contributed by atoms with van der Waals surface area (Å²) in [7, 11) is 4.34. The van der Waals surface area contributed by atoms with Crippen LogP contribution < -0.4 is 0 Å². The molecule has 0 spiro atoms. The van der Waals surface area contributed by atoms with Crippen LogP contribution in [0, 0.1) is 0 Å². The molecule has 0 amide bonds. The quantitative estimate of drug-likeness (QED) is 0.0871. The molecule has 0 aromatic rings. The molecule has 34 heavy (non-hydrogen) atoms. The van der Waals surface area contributed by atoms with Gasteiger partial charge in [0, 0.05) is 6.42 Å². The van der Waals surface area contributed by atoms with Crippen LogP contribution in [0.1, 0.15) is 142 Å². The number of unbranched alkanes of at least 4 members (excludes halogenated alkanes) is 15. The Morgan fingerprint density at radius 1 is 0.529 bits per heavy atom. The lowest BCUT2D eigenvalue weighted by atomic mass is 10.1. The molecule has 0 rings (SSSR count). The fourth-order valence-corrected chi connectivity index (χ4v) is 4.51. The van der Waals surface area contributed by atoms with E-state index in [1.165, 1.54) is 129 Å². The Labute approximate surface area is 214 Å². The van der Waals surface area contributed by atoms with Crippen molar-refractivity contribution in [3.05, 3.63) is 0 Å². The van der Waals surface area contributed by atoms with E-state index in [1.807, 2.05) is 0 Å². The SMILES string of the molecule is CCCCCCCCCOC(=O)CCCCCCCN(CCCCCCCC)CCCN(C)C. The van der Waals surface area contributed by atoms with Gasteiger partial charge in [0.05, 0.1) is 6.61 Å². The number of hydrogen-bond acceptors (Lipinski definition) is 4. The Morgan fingerprint density at radius 2 is 0.971 bits per heavy atom. The predicted molar refractivity (Wildman–Crippen MR) is 150 cm³/mol. The van der Waals surface area contributed by atoms with Gasteiger partial charge in [-0.15, -0.1) is 0 Å². The van der Waals surface area contributed by atoms with Gasteiger partial charge in [-0.2, -0.15) is 0 Å². The maximum atomic E-state index is 11.9. The Morgan fingerprint density at radius 3 is 1.50 bits per heavy atom. The molecular formula is C30H62N2O2. The largest absolute Gasteiger partial charge is 0.466 e. The van der Waals surface area contributed by atoms with Crippen LogP contribution in [0.5, 0.6) is 0 Å². The first kappa shape index (κ1) is 33.4. The highest BCUT2D eigenvalue weighted by Crippen LogP contribution is 2.11. The summed E-state index contributed by atoms with van der Waals surface area (Å²) >= 11 is 0. The highest BCUT2D eigenvalue weighted by atomic mass is 16.5. The first-order chi connectivity index (χ1) is 16.6. The van der Waals surface area contributed by atoms with Crippen LogP contribution in [-0.2, 0) is 9.53 Å². The summed E-state index contributed by atoms with van der Waals surface area (Å²) in [6.45, 7) is 10.1. The van der Waals surface area contributed by atoms with Gasteiger partial charge in [0.15, 0.2) is 0 Å². The van der Waals surface area contributed by atoms with E-state index in [0.29, 0.717) is 13.0 Å². The summed E-state index contributed by atoms with van der Waals surface area (Å²) in [5.74, 6) is 0.0111. The van der Waals surface area contributed by atoms with E-state index >= 15 is 0 Å². The highest BCUT2D eigenvalue weighted by Gasteiger charge is 2.06. The van der Waals surface area contributed by atoms with E-state index < -0.39 is 0 Å². The van der Waals surface area contributed by atoms with Gasteiger partial charge in [-0.25, -0.2) is 0 Å². The molecular weight excluding hydrogens is 420 g/mol. The second kappa shape index (κ2) is 27.0. The van der Waals surface area contributed by atoms with Crippen molar-refractivity contribution in [1.29, 1.82) is 0 Å². The molecule has 0 aromatic carbocycles. The van der Waals surface area contributed by atoms with Gasteiger partial charge < -0.3 is 14.5 Å². The molecule has 0 bridgehead atoms. The third-order valence-electron chi connectivity index (χ3n) is 6.77. The first-order valence-electron chi connectivity index (χ1n) is 15.1. The summed E-state index contributed by atoms with van der Waals surface area (Å²) < 4.78 is 5.40. The molecule has 0 heterocycles. The molecule has 0 aliphatic rings. The molecule has 0 fully saturated rings. The summed E-state index contributed by atoms with van der Waals surface area (Å²) in [6.07, 6.45) is 24.9. The van der Waals surface area contributed by atoms with Crippen LogP contribution in [0.2, 0.25) is 0 Å². The lowest BCUT2D eigenvalue weighted by Crippen LogP contribution is -2.29. The zero-order valence-electron chi connectivity index (χ0n) is 23.9. The van der Waals surface area contributed by atoms with Crippen LogP contribution in [0.4, 0.5) is 0 Å². The van der Waals surface area contributed by atoms with E-state index in [-0.39, 0.29) is 5.97 Å². The van der Waals surface area contributed by atoms with Crippen LogP contribution in [0.15, 0.2) is 0 Å². The van der Waals surface area contributed by atoms with Crippen LogP contribution >= 0.6 is 0 Å². The number of ether oxygens (including phenoxy) is 1. The van der Waals surface area contributed by atoms with Gasteiger partial charge in [0.1, 0.15) is 0 Å². The third-order valence-corrected chi connectivity index (χ3v) is 6.77. The standard InChI is InChI=1S/C30H62N2O2/c1-5-7-9-11-13-18-22-29-34-30(33)24-19-15-14-17-21-27-32(28-23-25-31(3)4)26-20-16-12-10-8-6-2/h5-29H2,1-4H3. The predicted octanol–water partition coefficient (Wildman–Crippen LogP) is 8.24. The molecule has 0 unspecified atom stereocenters. The molecule has 0 aliphatic carbocycles. The zero-order chi connectivity index (χ0) is 25.1. The maximum absolute atomic E-state index is 11.9. The number of esters is 1. The molecule has 0 atom stereocenters. The Kier molecular flexibility index (Phi) is 26.5. The smallest absolute Gasteiger partial charge is 0.305 e. The van der Waals surface area contributed by atoms with Crippen LogP contribution in [0.3, 0.4) is 0 Å². The number of carbonyl (C=O) groups is 1. The van der Waals surface area contributed by atoms with Crippen molar-refractivity contribution in [2.75, 3.05) is 46.9 Å². The lowest BCUT2D eigenvalue weighted by Gasteiger charge is -2.23. The van der Waals surface area contributed by atoms with E-state index in [4.69, 9.17) is 4.74 Å². The Balaban J connectivity index is 3.69. The fourth-order valence-electron chi connectivity index (χ4n) is 4.51. The second-order valence-electron chi connectivity index (χ2n) is 10.6. The van der Waals surface area contributed by atoms with E-state index in [1.54, 1.807) is 0 Å². The van der Waals surface area contributed by atoms with Gasteiger partial charge in [0.2, 0.25) is 0 Å². The average molecular weight is 483 g/mol. The van der Waals surface area contributed by atoms with Crippen LogP contribution in [-0.4, -0.2) is 62.7 Å². The molecule has 4 nitrogen and oxygen atoms in total. The summed E-state index contributed by atoms with van der Waals surface area (Å²) in [5, 5.41) is 0. The fraction of sp³-hybridized carbons (Fsp3) is 0.967. The first-order valence-corrected chi connectivity index (χ1v) is 15.1. The van der Waals surface area contributed by atoms with Crippen molar-refractivity contribution in [2.24, 2.45) is 0 Å². The summed E-state index contributed by atoms with van der Waals surface area (Å²) in [6, 6.07) is 0. The minimum atomic E-state index is 0.0111. The Bertz CT molecular complexity index is 415. The van der Waals surface area contributed by atoms with E-state index in [0.717, 1.165) is 19.3 Å². The van der Waals surface area contributed by atoms with Gasteiger partial charge >= 0.3 is 5.97 Å². The van der Waals surface area contributed by atoms with Crippen molar-refractivity contribution in [3.8, 4) is 0 Å². The molecule has 0 N–H and O–H groups in total. The van der Waals surface area contributed by atoms with E-state index in [2.05, 4.69) is 37.7 Å². The molecule has 0 saturated heterocycles. The van der Waals surface area contributed by atoms with Crippen molar-refractivity contribution < 1.29 is 9.53 Å². The minimum Gasteiger partial charge on any atom is -0.466 e. The molecule has 0 aromatic heterocycles. The normalized spacial score (nSPS) is 11.6. The number of carbonyl (C=O) groups excluding carboxylic acids is 1. The molecule has 0 saturated carbocycles. The molecule has 204 valence electrons. The van der Waals surface area contributed by atoms with Gasteiger partial charge in [0.25, 0.3) is 0 Å². The third kappa shape index (κ3) is 26.0. The number of hydrogen-bond donors (Lipinski definition) is 0. The minimum absolute atomic E-state index is 0.0111. The molecule has 4 heteroatoms. The second-order valence-corrected chi connectivity index (χ2v) is 10.6. The van der Waals surface area contributed by atoms with Crippen molar-refractivity contribution in [3.63, 3.8) is 0 Å². The number of nitrogens with zero attached hydrogens (tertiary/aromatic N) is 2. The summed E-state index contributed by atoms with van der Waals surface area (Å²) in [5.41, 5.74) is 0. The number of rotatable bonds is 27. The van der Waals surface area contributed by atoms with Gasteiger partial charge in [-0.05, 0) is 72.4 Å². The maximum Gasteiger partial charge on any atom is 0.305 e. The van der Waals surface area contributed by atoms with Crippen LogP contribution in [0.25, 0.3) is 0 Å². The van der Waals surface area contributed by atoms with Crippen molar-refractivity contribution in [1.82, 2.24) is 9.80 Å². The highest BCUT2D eigenvalue weighted by molar-refractivity contribution is 5.69. The van der Waals surface area contributed by atoms with Gasteiger partial charge in [-0.1, -0.05) is 104 Å². The van der Waals surface area contributed by atoms with E-state index in [9.17, 15) is 4.79 Å². The Hall–Kier alpha value is -0.610. The molecule has 0 radical (unpaired) electrons. The zero-order valence-corrected chi connectivity index (χ0v) is 23.9. The lowest BCUT2D eigenvalue weighted by molar-refractivity contribution is -0.143. The van der Waals surface area contributed by atoms with Crippen molar-refractivity contribution >= 4 is 5.97 Å².